The fourth-order valence-electron chi connectivity index (χ4n) is 0.458. The third-order valence-electron chi connectivity index (χ3n) is 0.858. The molecule has 0 atom stereocenters. The normalized spacial score (nSPS) is 9.00. The van der Waals surface area contributed by atoms with Crippen molar-refractivity contribution in [2.45, 2.75) is 20.3 Å². The summed E-state index contributed by atoms with van der Waals surface area (Å²) in [6.07, 6.45) is 4.43. The molecule has 0 aromatic rings. The van der Waals surface area contributed by atoms with Crippen molar-refractivity contribution in [1.29, 1.82) is 5.41 Å². The second-order valence-corrected chi connectivity index (χ2v) is 1.63. The van der Waals surface area contributed by atoms with E-state index in [0.717, 1.165) is 0 Å². The highest BCUT2D eigenvalue weighted by Gasteiger charge is 1.88. The van der Waals surface area contributed by atoms with E-state index in [1.807, 2.05) is 26.0 Å². The summed E-state index contributed by atoms with van der Waals surface area (Å²) >= 11 is 0. The summed E-state index contributed by atoms with van der Waals surface area (Å²) in [7, 11) is 0. The highest BCUT2D eigenvalue weighted by Crippen LogP contribution is 1.87. The van der Waals surface area contributed by atoms with Gasteiger partial charge in [0, 0.05) is 6.42 Å². The largest absolute Gasteiger partial charge is 0.481 e. The first-order chi connectivity index (χ1) is 4.31. The van der Waals surface area contributed by atoms with Crippen LogP contribution in [0.2, 0.25) is 0 Å². The molecule has 0 aromatic carbocycles. The zero-order chi connectivity index (χ0) is 7.11. The molecule has 0 unspecified atom stereocenters. The first-order valence-corrected chi connectivity index (χ1v) is 3.12. The molecule has 10 heavy (non-hydrogen) atoms. The summed E-state index contributed by atoms with van der Waals surface area (Å²) in [6, 6.07) is 0. The van der Waals surface area contributed by atoms with E-state index in [2.05, 4.69) is 0 Å². The van der Waals surface area contributed by atoms with Crippen LogP contribution in [0.1, 0.15) is 20.3 Å². The maximum Gasteiger partial charge on any atom is 0.184 e. The van der Waals surface area contributed by atoms with Crippen LogP contribution in [0.5, 0.6) is 0 Å². The van der Waals surface area contributed by atoms with E-state index in [0.29, 0.717) is 18.9 Å². The Labute approximate surface area is 68.2 Å². The molecule has 0 spiro atoms. The lowest BCUT2D eigenvalue weighted by atomic mass is 10.4. The molecule has 0 amide bonds. The Kier molecular flexibility index (Phi) is 10.4. The molecule has 0 radical (unpaired) electrons. The molecule has 60 valence electrons. The molecule has 0 heterocycles. The lowest BCUT2D eigenvalue weighted by molar-refractivity contribution is 0.317. The Morgan fingerprint density at radius 3 is 2.60 bits per heavy atom. The molecule has 2 nitrogen and oxygen atoms in total. The minimum absolute atomic E-state index is 0. The summed E-state index contributed by atoms with van der Waals surface area (Å²) in [5.74, 6) is 0.343. The van der Waals surface area contributed by atoms with Gasteiger partial charge in [0.25, 0.3) is 0 Å². The highest BCUT2D eigenvalue weighted by molar-refractivity contribution is 5.85. The predicted molar refractivity (Wildman–Crippen MR) is 46.0 cm³/mol. The summed E-state index contributed by atoms with van der Waals surface area (Å²) in [5.41, 5.74) is 0. The van der Waals surface area contributed by atoms with Crippen LogP contribution in [-0.2, 0) is 4.74 Å². The lowest BCUT2D eigenvalue weighted by Gasteiger charge is -1.99. The minimum Gasteiger partial charge on any atom is -0.481 e. The van der Waals surface area contributed by atoms with Crippen molar-refractivity contribution in [3.8, 4) is 0 Å². The molecular formula is C7H14ClNO. The van der Waals surface area contributed by atoms with Crippen LogP contribution >= 0.6 is 12.4 Å². The molecule has 0 aromatic heterocycles. The van der Waals surface area contributed by atoms with Crippen molar-refractivity contribution in [3.05, 3.63) is 12.2 Å². The highest BCUT2D eigenvalue weighted by atomic mass is 35.5. The van der Waals surface area contributed by atoms with Crippen LogP contribution < -0.4 is 0 Å². The van der Waals surface area contributed by atoms with Gasteiger partial charge in [0.2, 0.25) is 0 Å². The zero-order valence-electron chi connectivity index (χ0n) is 6.39. The topological polar surface area (TPSA) is 33.1 Å². The van der Waals surface area contributed by atoms with Crippen LogP contribution in [0.3, 0.4) is 0 Å². The first kappa shape index (κ1) is 12.2. The van der Waals surface area contributed by atoms with E-state index < -0.39 is 0 Å². The number of rotatable bonds is 3. The van der Waals surface area contributed by atoms with Crippen LogP contribution in [0.25, 0.3) is 0 Å². The van der Waals surface area contributed by atoms with E-state index >= 15 is 0 Å². The summed E-state index contributed by atoms with van der Waals surface area (Å²) in [5, 5.41) is 7.12. The SMILES string of the molecule is CC=CCC(=N)OCC.Cl. The minimum atomic E-state index is 0. The van der Waals surface area contributed by atoms with E-state index in [9.17, 15) is 0 Å². The molecule has 3 heteroatoms. The van der Waals surface area contributed by atoms with Gasteiger partial charge < -0.3 is 4.74 Å². The Morgan fingerprint density at radius 2 is 2.20 bits per heavy atom. The van der Waals surface area contributed by atoms with Crippen molar-refractivity contribution < 1.29 is 4.74 Å². The summed E-state index contributed by atoms with van der Waals surface area (Å²) in [4.78, 5) is 0. The van der Waals surface area contributed by atoms with Crippen molar-refractivity contribution in [3.63, 3.8) is 0 Å². The van der Waals surface area contributed by atoms with E-state index in [1.54, 1.807) is 0 Å². The van der Waals surface area contributed by atoms with Gasteiger partial charge in [-0.25, -0.2) is 0 Å². The molecule has 0 saturated heterocycles. The third kappa shape index (κ3) is 7.50. The maximum absolute atomic E-state index is 7.12. The number of ether oxygens (including phenoxy) is 1. The second-order valence-electron chi connectivity index (χ2n) is 1.63. The van der Waals surface area contributed by atoms with Gasteiger partial charge in [0.1, 0.15) is 0 Å². The Hall–Kier alpha value is -0.500. The van der Waals surface area contributed by atoms with Crippen molar-refractivity contribution >= 4 is 18.3 Å². The Balaban J connectivity index is 0. The van der Waals surface area contributed by atoms with E-state index in [-0.39, 0.29) is 12.4 Å². The number of hydrogen-bond donors (Lipinski definition) is 1. The molecule has 1 N–H and O–H groups in total. The molecular weight excluding hydrogens is 150 g/mol. The first-order valence-electron chi connectivity index (χ1n) is 3.12. The molecule has 0 bridgehead atoms. The van der Waals surface area contributed by atoms with Gasteiger partial charge in [-0.3, -0.25) is 5.41 Å². The van der Waals surface area contributed by atoms with Gasteiger partial charge in [0.05, 0.1) is 6.61 Å². The van der Waals surface area contributed by atoms with Crippen LogP contribution in [0.4, 0.5) is 0 Å². The van der Waals surface area contributed by atoms with Crippen LogP contribution in [0, 0.1) is 5.41 Å². The van der Waals surface area contributed by atoms with Crippen molar-refractivity contribution in [1.82, 2.24) is 0 Å². The smallest absolute Gasteiger partial charge is 0.184 e. The predicted octanol–water partition coefficient (Wildman–Crippen LogP) is 2.39. The van der Waals surface area contributed by atoms with Gasteiger partial charge >= 0.3 is 0 Å². The maximum atomic E-state index is 7.12. The van der Waals surface area contributed by atoms with E-state index in [4.69, 9.17) is 10.1 Å². The fraction of sp³-hybridized carbons (Fsp3) is 0.571. The Morgan fingerprint density at radius 1 is 1.60 bits per heavy atom. The van der Waals surface area contributed by atoms with Crippen molar-refractivity contribution in [2.24, 2.45) is 0 Å². The monoisotopic (exact) mass is 163 g/mol. The molecule has 0 aliphatic rings. The van der Waals surface area contributed by atoms with Gasteiger partial charge in [-0.15, -0.1) is 12.4 Å². The summed E-state index contributed by atoms with van der Waals surface area (Å²) < 4.78 is 4.88. The average molecular weight is 164 g/mol. The number of allylic oxidation sites excluding steroid dienone is 1. The summed E-state index contributed by atoms with van der Waals surface area (Å²) in [6.45, 7) is 4.40. The standard InChI is InChI=1S/C7H13NO.ClH/c1-3-5-6-7(8)9-4-2;/h3,5,8H,4,6H2,1-2H3;1H. The molecule has 0 aliphatic heterocycles. The second kappa shape index (κ2) is 8.50. The van der Waals surface area contributed by atoms with E-state index in [1.165, 1.54) is 0 Å². The van der Waals surface area contributed by atoms with Gasteiger partial charge in [-0.05, 0) is 13.8 Å². The van der Waals surface area contributed by atoms with Gasteiger partial charge in [0.15, 0.2) is 5.90 Å². The number of halogens is 1. The lowest BCUT2D eigenvalue weighted by Crippen LogP contribution is -1.99. The average Bonchev–Trinajstić information content (AvgIpc) is 1.85. The van der Waals surface area contributed by atoms with Crippen molar-refractivity contribution in [2.75, 3.05) is 6.61 Å². The zero-order valence-corrected chi connectivity index (χ0v) is 7.20. The van der Waals surface area contributed by atoms with Crippen LogP contribution in [-0.4, -0.2) is 12.5 Å². The quantitative estimate of drug-likeness (QED) is 0.387. The fourth-order valence-corrected chi connectivity index (χ4v) is 0.458. The number of nitrogens with one attached hydrogen (secondary N) is 1. The number of hydrogen-bond acceptors (Lipinski definition) is 2. The molecule has 0 rings (SSSR count). The van der Waals surface area contributed by atoms with Gasteiger partial charge in [-0.2, -0.15) is 0 Å². The van der Waals surface area contributed by atoms with Crippen LogP contribution in [0.15, 0.2) is 12.2 Å². The molecule has 0 saturated carbocycles. The third-order valence-corrected chi connectivity index (χ3v) is 0.858. The molecule has 0 fully saturated rings. The molecule has 0 aliphatic carbocycles. The van der Waals surface area contributed by atoms with Gasteiger partial charge in [-0.1, -0.05) is 12.2 Å². The Bertz CT molecular complexity index is 112.